The number of ketones is 2. The fourth-order valence-corrected chi connectivity index (χ4v) is 4.72. The first kappa shape index (κ1) is 21.9. The molecule has 2 heterocycles. The third-order valence-electron chi connectivity index (χ3n) is 6.12. The molecule has 0 bridgehead atoms. The highest BCUT2D eigenvalue weighted by Crippen LogP contribution is 2.53. The van der Waals surface area contributed by atoms with E-state index in [1.54, 1.807) is 6.92 Å². The van der Waals surface area contributed by atoms with Crippen molar-refractivity contribution in [2.45, 2.75) is 18.9 Å². The second-order valence-corrected chi connectivity index (χ2v) is 8.39. The highest BCUT2D eigenvalue weighted by Gasteiger charge is 2.60. The number of para-hydroxylation sites is 1. The Morgan fingerprint density at radius 3 is 2.65 bits per heavy atom. The number of allylic oxidation sites excluding steroid dienone is 1. The second-order valence-electron chi connectivity index (χ2n) is 8.01. The van der Waals surface area contributed by atoms with E-state index < -0.39 is 23.1 Å². The zero-order valence-electron chi connectivity index (χ0n) is 18.5. The van der Waals surface area contributed by atoms with Gasteiger partial charge < -0.3 is 19.5 Å². The highest BCUT2D eigenvalue weighted by atomic mass is 35.5. The lowest BCUT2D eigenvalue weighted by Crippen LogP contribution is -2.55. The van der Waals surface area contributed by atoms with Crippen LogP contribution in [0.1, 0.15) is 23.7 Å². The van der Waals surface area contributed by atoms with Crippen LogP contribution in [-0.2, 0) is 4.79 Å². The average Bonchev–Trinajstić information content (AvgIpc) is 3.47. The normalized spacial score (nSPS) is 21.2. The molecule has 2 aromatic carbocycles. The van der Waals surface area contributed by atoms with E-state index in [9.17, 15) is 9.59 Å². The van der Waals surface area contributed by atoms with Crippen molar-refractivity contribution >= 4 is 28.9 Å². The number of anilines is 1. The Kier molecular flexibility index (Phi) is 5.24. The largest absolute Gasteiger partial charge is 0.496 e. The van der Waals surface area contributed by atoms with E-state index in [0.29, 0.717) is 29.2 Å². The first-order chi connectivity index (χ1) is 16.4. The summed E-state index contributed by atoms with van der Waals surface area (Å²) in [7, 11) is 2.87. The number of rotatable bonds is 5. The quantitative estimate of drug-likeness (QED) is 0.526. The van der Waals surface area contributed by atoms with Crippen molar-refractivity contribution < 1.29 is 23.8 Å². The minimum absolute atomic E-state index is 0.0929. The maximum Gasteiger partial charge on any atom is 0.236 e. The third kappa shape index (κ3) is 3.13. The van der Waals surface area contributed by atoms with Gasteiger partial charge in [-0.15, -0.1) is 10.2 Å². The van der Waals surface area contributed by atoms with E-state index in [-0.39, 0.29) is 27.8 Å². The molecule has 10 nitrogen and oxygen atoms in total. The topological polar surface area (TPSA) is 128 Å². The molecule has 0 saturated carbocycles. The van der Waals surface area contributed by atoms with Crippen LogP contribution in [0, 0.1) is 5.92 Å². The molecule has 2 aliphatic rings. The van der Waals surface area contributed by atoms with E-state index in [0.717, 1.165) is 0 Å². The van der Waals surface area contributed by atoms with Gasteiger partial charge in [0.2, 0.25) is 23.0 Å². The first-order valence-corrected chi connectivity index (χ1v) is 10.8. The van der Waals surface area contributed by atoms with E-state index in [2.05, 4.69) is 25.9 Å². The highest BCUT2D eigenvalue weighted by molar-refractivity contribution is 6.36. The molecular formula is C23H20ClN5O5. The van der Waals surface area contributed by atoms with Crippen molar-refractivity contribution in [2.24, 2.45) is 5.92 Å². The summed E-state index contributed by atoms with van der Waals surface area (Å²) in [6.07, 6.45) is 1.76. The molecule has 1 aromatic heterocycles. The van der Waals surface area contributed by atoms with Crippen LogP contribution < -0.4 is 19.5 Å². The first-order valence-electron chi connectivity index (χ1n) is 10.4. The van der Waals surface area contributed by atoms with Crippen molar-refractivity contribution in [3.8, 4) is 28.6 Å². The molecule has 0 radical (unpaired) electrons. The number of halogens is 1. The van der Waals surface area contributed by atoms with Crippen molar-refractivity contribution in [3.05, 3.63) is 52.7 Å². The van der Waals surface area contributed by atoms with Crippen molar-refractivity contribution in [2.75, 3.05) is 19.5 Å². The predicted octanol–water partition coefficient (Wildman–Crippen LogP) is 3.46. The van der Waals surface area contributed by atoms with Gasteiger partial charge in [-0.2, -0.15) is 5.21 Å². The fraction of sp³-hybridized carbons (Fsp3) is 0.261. The lowest BCUT2D eigenvalue weighted by molar-refractivity contribution is -0.129. The number of aromatic amines is 1. The Balaban J connectivity index is 1.51. The van der Waals surface area contributed by atoms with Crippen LogP contribution in [0.5, 0.6) is 17.2 Å². The molecule has 11 heteroatoms. The summed E-state index contributed by atoms with van der Waals surface area (Å²) < 4.78 is 16.7. The number of nitrogens with zero attached hydrogens (tertiary/aromatic N) is 3. The zero-order valence-corrected chi connectivity index (χ0v) is 19.3. The van der Waals surface area contributed by atoms with Gasteiger partial charge in [0.25, 0.3) is 0 Å². The van der Waals surface area contributed by atoms with Gasteiger partial charge in [0.1, 0.15) is 22.1 Å². The van der Waals surface area contributed by atoms with Gasteiger partial charge >= 0.3 is 0 Å². The van der Waals surface area contributed by atoms with Gasteiger partial charge in [-0.25, -0.2) is 0 Å². The lowest BCUT2D eigenvalue weighted by atomic mass is 9.74. The molecule has 1 spiro atoms. The number of H-pyrrole nitrogens is 1. The van der Waals surface area contributed by atoms with Crippen LogP contribution in [0.3, 0.4) is 0 Å². The predicted molar refractivity (Wildman–Crippen MR) is 122 cm³/mol. The summed E-state index contributed by atoms with van der Waals surface area (Å²) in [5, 5.41) is 17.5. The molecule has 5 rings (SSSR count). The van der Waals surface area contributed by atoms with Crippen LogP contribution in [0.4, 0.5) is 5.69 Å². The van der Waals surface area contributed by atoms with Crippen LogP contribution in [0.15, 0.2) is 42.1 Å². The van der Waals surface area contributed by atoms with Gasteiger partial charge in [-0.1, -0.05) is 30.7 Å². The molecular weight excluding hydrogens is 462 g/mol. The number of carbonyl (C=O) groups excluding carboxylic acids is 2. The number of nitrogens with one attached hydrogen (secondary N) is 2. The summed E-state index contributed by atoms with van der Waals surface area (Å²) in [6, 6.07) is 8.89. The number of ether oxygens (including phenoxy) is 3. The molecule has 1 aliphatic heterocycles. The number of benzene rings is 2. The molecule has 0 fully saturated rings. The fourth-order valence-electron chi connectivity index (χ4n) is 4.45. The molecule has 2 atom stereocenters. The number of hydrogen-bond acceptors (Lipinski definition) is 9. The summed E-state index contributed by atoms with van der Waals surface area (Å²) in [4.78, 5) is 27.1. The van der Waals surface area contributed by atoms with Crippen LogP contribution >= 0.6 is 11.6 Å². The molecule has 1 aliphatic carbocycles. The molecule has 0 saturated heterocycles. The Hall–Kier alpha value is -3.92. The standard InChI is InChI=1S/C23H20ClN5O5/c1-11-8-12(25-14-7-5-4-6-13(14)22-26-28-29-27-22)9-17(30)23(11)21(31)18-15(32-2)10-16(33-3)19(24)20(18)34-23/h4-7,9-11,25H,8H2,1-3H3,(H,26,27,28,29)/t11-,23+/m1/s1. The Bertz CT molecular complexity index is 1340. The third-order valence-corrected chi connectivity index (χ3v) is 6.48. The summed E-state index contributed by atoms with van der Waals surface area (Å²) in [5.74, 6) is -0.440. The van der Waals surface area contributed by atoms with Gasteiger partial charge in [0, 0.05) is 35.0 Å². The number of Topliss-reactive ketones (excluding diaryl/α,β-unsaturated/α-hetero) is 1. The number of methoxy groups -OCH3 is 2. The maximum atomic E-state index is 13.6. The van der Waals surface area contributed by atoms with Gasteiger partial charge in [0.05, 0.1) is 14.2 Å². The number of tetrazole rings is 1. The second kappa shape index (κ2) is 8.14. The molecule has 174 valence electrons. The van der Waals surface area contributed by atoms with Gasteiger partial charge in [-0.05, 0) is 23.8 Å². The summed E-state index contributed by atoms with van der Waals surface area (Å²) in [6.45, 7) is 1.79. The number of fused-ring (bicyclic) bond motifs is 1. The van der Waals surface area contributed by atoms with Crippen molar-refractivity contribution in [1.82, 2.24) is 20.6 Å². The Labute approximate surface area is 199 Å². The average molecular weight is 482 g/mol. The van der Waals surface area contributed by atoms with E-state index in [1.165, 1.54) is 26.4 Å². The van der Waals surface area contributed by atoms with E-state index in [1.807, 2.05) is 24.3 Å². The maximum absolute atomic E-state index is 13.6. The molecule has 0 amide bonds. The van der Waals surface area contributed by atoms with Gasteiger partial charge in [-0.3, -0.25) is 9.59 Å². The van der Waals surface area contributed by atoms with Crippen molar-refractivity contribution in [3.63, 3.8) is 0 Å². The SMILES string of the molecule is COc1cc(OC)c2c(c1Cl)O[C@@]1(C(=O)C=C(Nc3ccccc3-c3nn[nH]n3)C[C@H]1C)C2=O. The summed E-state index contributed by atoms with van der Waals surface area (Å²) in [5.41, 5.74) is 0.441. The number of hydrogen-bond donors (Lipinski definition) is 2. The molecule has 34 heavy (non-hydrogen) atoms. The molecule has 2 N–H and O–H groups in total. The van der Waals surface area contributed by atoms with E-state index >= 15 is 0 Å². The Morgan fingerprint density at radius 1 is 1.21 bits per heavy atom. The monoisotopic (exact) mass is 481 g/mol. The van der Waals surface area contributed by atoms with Crippen LogP contribution in [0.2, 0.25) is 5.02 Å². The zero-order chi connectivity index (χ0) is 24.0. The summed E-state index contributed by atoms with van der Waals surface area (Å²) >= 11 is 6.43. The van der Waals surface area contributed by atoms with E-state index in [4.69, 9.17) is 25.8 Å². The van der Waals surface area contributed by atoms with Gasteiger partial charge in [0.15, 0.2) is 5.75 Å². The number of carbonyl (C=O) groups is 2. The molecule has 0 unspecified atom stereocenters. The minimum Gasteiger partial charge on any atom is -0.496 e. The number of aromatic nitrogens is 4. The van der Waals surface area contributed by atoms with Crippen LogP contribution in [-0.4, -0.2) is 52.0 Å². The minimum atomic E-state index is -1.73. The van der Waals surface area contributed by atoms with Crippen molar-refractivity contribution in [1.29, 1.82) is 0 Å². The lowest BCUT2D eigenvalue weighted by Gasteiger charge is -2.35. The molecule has 3 aromatic rings. The van der Waals surface area contributed by atoms with Crippen LogP contribution in [0.25, 0.3) is 11.4 Å². The Morgan fingerprint density at radius 2 is 1.97 bits per heavy atom. The smallest absolute Gasteiger partial charge is 0.236 e.